The van der Waals surface area contributed by atoms with Crippen LogP contribution in [0.15, 0.2) is 12.2 Å². The van der Waals surface area contributed by atoms with Gasteiger partial charge >= 0.3 is 0 Å². The van der Waals surface area contributed by atoms with Crippen LogP contribution in [0, 0.1) is 23.2 Å². The Bertz CT molecular complexity index is 406. The van der Waals surface area contributed by atoms with Crippen molar-refractivity contribution in [3.05, 3.63) is 12.2 Å². The number of hydrogen-bond donors (Lipinski definition) is 1. The number of fused-ring (bicyclic) bond motifs is 1. The molecular formula is C17H28O4. The first kappa shape index (κ1) is 16.7. The van der Waals surface area contributed by atoms with Gasteiger partial charge in [-0.3, -0.25) is 4.79 Å². The van der Waals surface area contributed by atoms with Gasteiger partial charge in [-0.1, -0.05) is 19.1 Å². The number of aliphatic hydroxyl groups excluding tert-OH is 1. The van der Waals surface area contributed by atoms with Gasteiger partial charge < -0.3 is 14.6 Å². The Hall–Kier alpha value is -0.710. The second-order valence-corrected chi connectivity index (χ2v) is 6.93. The summed E-state index contributed by atoms with van der Waals surface area (Å²) in [6, 6.07) is 0. The Kier molecular flexibility index (Phi) is 5.23. The summed E-state index contributed by atoms with van der Waals surface area (Å²) in [6.45, 7) is 6.84. The number of rotatable bonds is 4. The van der Waals surface area contributed by atoms with Crippen molar-refractivity contribution in [1.82, 2.24) is 0 Å². The number of ether oxygens (including phenoxy) is 2. The van der Waals surface area contributed by atoms with Crippen LogP contribution >= 0.6 is 0 Å². The monoisotopic (exact) mass is 296 g/mol. The van der Waals surface area contributed by atoms with E-state index < -0.39 is 0 Å². The van der Waals surface area contributed by atoms with Crippen LogP contribution in [-0.2, 0) is 14.3 Å². The molecule has 5 atom stereocenters. The molecule has 0 heterocycles. The maximum absolute atomic E-state index is 12.7. The zero-order valence-corrected chi connectivity index (χ0v) is 13.4. The third-order valence-corrected chi connectivity index (χ3v) is 5.64. The fourth-order valence-corrected chi connectivity index (χ4v) is 4.07. The average molecular weight is 296 g/mol. The van der Waals surface area contributed by atoms with E-state index in [2.05, 4.69) is 13.5 Å². The predicted molar refractivity (Wildman–Crippen MR) is 81.0 cm³/mol. The van der Waals surface area contributed by atoms with E-state index >= 15 is 0 Å². The second kappa shape index (κ2) is 6.59. The van der Waals surface area contributed by atoms with E-state index in [4.69, 9.17) is 9.47 Å². The van der Waals surface area contributed by atoms with Crippen molar-refractivity contribution < 1.29 is 19.4 Å². The lowest BCUT2D eigenvalue weighted by atomic mass is 9.51. The summed E-state index contributed by atoms with van der Waals surface area (Å²) in [6.07, 6.45) is 3.02. The van der Waals surface area contributed by atoms with E-state index in [0.29, 0.717) is 18.9 Å². The summed E-state index contributed by atoms with van der Waals surface area (Å²) in [5.74, 6) is 0.560. The maximum Gasteiger partial charge on any atom is 0.141 e. The molecule has 0 aliphatic heterocycles. The number of ketones is 1. The maximum atomic E-state index is 12.7. The minimum absolute atomic E-state index is 0.105. The lowest BCUT2D eigenvalue weighted by Gasteiger charge is -2.53. The van der Waals surface area contributed by atoms with Crippen LogP contribution in [0.25, 0.3) is 0 Å². The van der Waals surface area contributed by atoms with Crippen molar-refractivity contribution in [1.29, 1.82) is 0 Å². The molecule has 5 unspecified atom stereocenters. The highest BCUT2D eigenvalue weighted by molar-refractivity contribution is 5.82. The lowest BCUT2D eigenvalue weighted by molar-refractivity contribution is -0.136. The highest BCUT2D eigenvalue weighted by Crippen LogP contribution is 2.56. The first-order valence-electron chi connectivity index (χ1n) is 7.79. The molecule has 0 bridgehead atoms. The molecular weight excluding hydrogens is 268 g/mol. The Morgan fingerprint density at radius 3 is 2.71 bits per heavy atom. The third kappa shape index (κ3) is 3.08. The second-order valence-electron chi connectivity index (χ2n) is 6.93. The molecule has 21 heavy (non-hydrogen) atoms. The number of carbonyl (C=O) groups excluding carboxylic acids is 1. The van der Waals surface area contributed by atoms with Gasteiger partial charge in [0.1, 0.15) is 5.78 Å². The van der Waals surface area contributed by atoms with Gasteiger partial charge in [0.05, 0.1) is 18.6 Å². The molecule has 2 aliphatic carbocycles. The van der Waals surface area contributed by atoms with E-state index in [1.54, 1.807) is 14.2 Å². The van der Waals surface area contributed by atoms with Crippen molar-refractivity contribution in [2.45, 2.75) is 38.7 Å². The van der Waals surface area contributed by atoms with Crippen molar-refractivity contribution in [3.63, 3.8) is 0 Å². The minimum Gasteiger partial charge on any atom is -0.396 e. The first-order chi connectivity index (χ1) is 9.96. The fraction of sp³-hybridized carbons (Fsp3) is 0.824. The molecule has 0 saturated heterocycles. The van der Waals surface area contributed by atoms with E-state index in [-0.39, 0.29) is 35.7 Å². The molecule has 0 aromatic heterocycles. The molecule has 0 aromatic rings. The van der Waals surface area contributed by atoms with Gasteiger partial charge in [0.15, 0.2) is 0 Å². The van der Waals surface area contributed by atoms with E-state index in [1.165, 1.54) is 5.57 Å². The highest BCUT2D eigenvalue weighted by Gasteiger charge is 2.52. The Labute approximate surface area is 127 Å². The molecule has 1 N–H and O–H groups in total. The van der Waals surface area contributed by atoms with Crippen LogP contribution in [0.3, 0.4) is 0 Å². The summed E-state index contributed by atoms with van der Waals surface area (Å²) < 4.78 is 10.8. The van der Waals surface area contributed by atoms with Crippen LogP contribution in [0.5, 0.6) is 0 Å². The molecule has 0 spiro atoms. The van der Waals surface area contributed by atoms with Crippen molar-refractivity contribution in [2.75, 3.05) is 27.4 Å². The number of Topliss-reactive ketones (excluding diaryl/α,β-unsaturated/α-hetero) is 1. The fourth-order valence-electron chi connectivity index (χ4n) is 4.07. The number of allylic oxidation sites excluding steroid dienone is 1. The quantitative estimate of drug-likeness (QED) is 0.808. The Balaban J connectivity index is 2.23. The zero-order valence-electron chi connectivity index (χ0n) is 13.4. The summed E-state index contributed by atoms with van der Waals surface area (Å²) >= 11 is 0. The Morgan fingerprint density at radius 1 is 1.43 bits per heavy atom. The molecule has 2 rings (SSSR count). The number of hydrogen-bond acceptors (Lipinski definition) is 4. The van der Waals surface area contributed by atoms with E-state index in [1.807, 2.05) is 0 Å². The lowest BCUT2D eigenvalue weighted by Crippen LogP contribution is -2.50. The van der Waals surface area contributed by atoms with Crippen LogP contribution in [0.4, 0.5) is 0 Å². The molecule has 120 valence electrons. The zero-order chi connectivity index (χ0) is 15.6. The van der Waals surface area contributed by atoms with Crippen molar-refractivity contribution in [3.8, 4) is 0 Å². The number of methoxy groups -OCH3 is 2. The van der Waals surface area contributed by atoms with Crippen molar-refractivity contribution >= 4 is 5.78 Å². The van der Waals surface area contributed by atoms with Gasteiger partial charge in [-0.2, -0.15) is 0 Å². The average Bonchev–Trinajstić information content (AvgIpc) is 2.51. The molecule has 4 heteroatoms. The van der Waals surface area contributed by atoms with Gasteiger partial charge in [0.25, 0.3) is 0 Å². The molecule has 2 aliphatic rings. The summed E-state index contributed by atoms with van der Waals surface area (Å²) in [7, 11) is 3.28. The SMILES string of the molecule is C=C1CCC(OC)C(COC)C(=O)CC2C1CC2(C)CO. The molecule has 4 nitrogen and oxygen atoms in total. The van der Waals surface area contributed by atoms with Crippen LogP contribution in [-0.4, -0.2) is 44.4 Å². The largest absolute Gasteiger partial charge is 0.396 e. The van der Waals surface area contributed by atoms with Gasteiger partial charge in [0, 0.05) is 27.2 Å². The van der Waals surface area contributed by atoms with Gasteiger partial charge in [-0.05, 0) is 36.5 Å². The van der Waals surface area contributed by atoms with Gasteiger partial charge in [-0.15, -0.1) is 0 Å². The predicted octanol–water partition coefficient (Wildman–Crippen LogP) is 2.21. The molecule has 0 amide bonds. The van der Waals surface area contributed by atoms with E-state index in [9.17, 15) is 9.90 Å². The standard InChI is InChI=1S/C17H28O4/c1-11-5-6-16(21-4)13(9-20-3)15(19)7-14-12(11)8-17(14,2)10-18/h12-14,16,18H,1,5-10H2,2-4H3. The number of aliphatic hydroxyl groups is 1. The molecule has 2 fully saturated rings. The third-order valence-electron chi connectivity index (χ3n) is 5.64. The van der Waals surface area contributed by atoms with Crippen molar-refractivity contribution in [2.24, 2.45) is 23.2 Å². The summed E-state index contributed by atoms with van der Waals surface area (Å²) in [5, 5.41) is 9.67. The van der Waals surface area contributed by atoms with Gasteiger partial charge in [0.2, 0.25) is 0 Å². The van der Waals surface area contributed by atoms with Crippen LogP contribution in [0.1, 0.15) is 32.6 Å². The smallest absolute Gasteiger partial charge is 0.141 e. The Morgan fingerprint density at radius 2 is 2.14 bits per heavy atom. The first-order valence-corrected chi connectivity index (χ1v) is 7.79. The van der Waals surface area contributed by atoms with Crippen LogP contribution in [0.2, 0.25) is 0 Å². The summed E-state index contributed by atoms with van der Waals surface area (Å²) in [5.41, 5.74) is 1.06. The van der Waals surface area contributed by atoms with Crippen LogP contribution < -0.4 is 0 Å². The topological polar surface area (TPSA) is 55.8 Å². The number of carbonyl (C=O) groups is 1. The van der Waals surface area contributed by atoms with E-state index in [0.717, 1.165) is 19.3 Å². The summed E-state index contributed by atoms with van der Waals surface area (Å²) in [4.78, 5) is 12.7. The minimum atomic E-state index is -0.213. The molecule has 0 radical (unpaired) electrons. The molecule has 0 aromatic carbocycles. The molecule has 2 saturated carbocycles. The highest BCUT2D eigenvalue weighted by atomic mass is 16.5. The normalized spacial score (nSPS) is 40.8. The van der Waals surface area contributed by atoms with Gasteiger partial charge in [-0.25, -0.2) is 0 Å².